The van der Waals surface area contributed by atoms with E-state index in [9.17, 15) is 9.59 Å². The third-order valence-electron chi connectivity index (χ3n) is 4.46. The number of H-pyrrole nitrogens is 1. The Morgan fingerprint density at radius 2 is 2.10 bits per heavy atom. The van der Waals surface area contributed by atoms with Crippen LogP contribution in [0, 0.1) is 5.92 Å². The summed E-state index contributed by atoms with van der Waals surface area (Å²) in [6.45, 7) is 1.34. The Morgan fingerprint density at radius 1 is 1.29 bits per heavy atom. The molecule has 4 rings (SSSR count). The number of fused-ring (bicyclic) bond motifs is 3. The molecule has 5 nitrogen and oxygen atoms in total. The largest absolute Gasteiger partial charge is 0.478 e. The van der Waals surface area contributed by atoms with Crippen LogP contribution in [0.2, 0.25) is 0 Å². The summed E-state index contributed by atoms with van der Waals surface area (Å²) >= 11 is 0. The van der Waals surface area contributed by atoms with Gasteiger partial charge >= 0.3 is 5.97 Å². The van der Waals surface area contributed by atoms with Gasteiger partial charge in [0.15, 0.2) is 0 Å². The highest BCUT2D eigenvalue weighted by molar-refractivity contribution is 5.95. The molecule has 2 aliphatic rings. The first kappa shape index (κ1) is 12.4. The Balaban J connectivity index is 1.74. The van der Waals surface area contributed by atoms with Crippen molar-refractivity contribution in [2.24, 2.45) is 5.92 Å². The molecule has 0 bridgehead atoms. The quantitative estimate of drug-likeness (QED) is 0.887. The van der Waals surface area contributed by atoms with E-state index in [-0.39, 0.29) is 17.4 Å². The number of hydrogen-bond acceptors (Lipinski definition) is 2. The number of nitrogens with zero attached hydrogens (tertiary/aromatic N) is 1. The van der Waals surface area contributed by atoms with Gasteiger partial charge in [0, 0.05) is 47.6 Å². The SMILES string of the molecule is O=C(O)c1ccc2[nH]c3c(c2c1)CN(C(=O)C1CC1)CC3. The number of amides is 1. The first-order chi connectivity index (χ1) is 10.1. The zero-order valence-corrected chi connectivity index (χ0v) is 11.6. The number of aromatic nitrogens is 1. The van der Waals surface area contributed by atoms with E-state index in [2.05, 4.69) is 4.98 Å². The zero-order valence-electron chi connectivity index (χ0n) is 11.6. The Labute approximate surface area is 121 Å². The average molecular weight is 284 g/mol. The zero-order chi connectivity index (χ0) is 14.6. The normalized spacial score (nSPS) is 17.8. The lowest BCUT2D eigenvalue weighted by Crippen LogP contribution is -2.36. The lowest BCUT2D eigenvalue weighted by molar-refractivity contribution is -0.133. The van der Waals surface area contributed by atoms with Crippen LogP contribution in [-0.4, -0.2) is 33.4 Å². The van der Waals surface area contributed by atoms with Gasteiger partial charge in [0.05, 0.1) is 5.56 Å². The van der Waals surface area contributed by atoms with Crippen LogP contribution in [0.1, 0.15) is 34.5 Å². The molecule has 1 aromatic heterocycles. The van der Waals surface area contributed by atoms with Crippen molar-refractivity contribution in [1.29, 1.82) is 0 Å². The summed E-state index contributed by atoms with van der Waals surface area (Å²) in [6.07, 6.45) is 2.84. The Bertz CT molecular complexity index is 758. The summed E-state index contributed by atoms with van der Waals surface area (Å²) in [5.74, 6) is -0.440. The first-order valence-electron chi connectivity index (χ1n) is 7.29. The van der Waals surface area contributed by atoms with Gasteiger partial charge in [0.2, 0.25) is 5.91 Å². The van der Waals surface area contributed by atoms with Gasteiger partial charge in [-0.15, -0.1) is 0 Å². The topological polar surface area (TPSA) is 73.4 Å². The molecule has 2 N–H and O–H groups in total. The van der Waals surface area contributed by atoms with Crippen LogP contribution in [-0.2, 0) is 17.8 Å². The van der Waals surface area contributed by atoms with Crippen molar-refractivity contribution in [2.45, 2.75) is 25.8 Å². The van der Waals surface area contributed by atoms with Crippen molar-refractivity contribution in [3.8, 4) is 0 Å². The first-order valence-corrected chi connectivity index (χ1v) is 7.29. The van der Waals surface area contributed by atoms with Crippen molar-refractivity contribution in [3.05, 3.63) is 35.0 Å². The van der Waals surface area contributed by atoms with Crippen LogP contribution in [0.3, 0.4) is 0 Å². The fraction of sp³-hybridized carbons (Fsp3) is 0.375. The molecule has 1 aromatic carbocycles. The van der Waals surface area contributed by atoms with Crippen LogP contribution in [0.4, 0.5) is 0 Å². The number of carbonyl (C=O) groups is 2. The van der Waals surface area contributed by atoms with Crippen molar-refractivity contribution in [3.63, 3.8) is 0 Å². The number of aromatic amines is 1. The van der Waals surface area contributed by atoms with E-state index in [0.717, 1.165) is 48.0 Å². The third kappa shape index (κ3) is 2.00. The number of rotatable bonds is 2. The summed E-state index contributed by atoms with van der Waals surface area (Å²) in [5, 5.41) is 10.1. The molecule has 2 aromatic rings. The molecule has 1 aliphatic carbocycles. The average Bonchev–Trinajstić information content (AvgIpc) is 3.26. The van der Waals surface area contributed by atoms with Crippen LogP contribution in [0.25, 0.3) is 10.9 Å². The molecule has 21 heavy (non-hydrogen) atoms. The van der Waals surface area contributed by atoms with Gasteiger partial charge in [-0.25, -0.2) is 4.79 Å². The molecule has 1 fully saturated rings. The van der Waals surface area contributed by atoms with E-state index in [0.29, 0.717) is 6.54 Å². The predicted molar refractivity (Wildman–Crippen MR) is 77.1 cm³/mol. The highest BCUT2D eigenvalue weighted by Crippen LogP contribution is 2.34. The second-order valence-electron chi connectivity index (χ2n) is 5.93. The number of carboxylic acids is 1. The Kier molecular flexibility index (Phi) is 2.58. The maximum Gasteiger partial charge on any atom is 0.335 e. The molecular weight excluding hydrogens is 268 g/mol. The molecule has 1 aliphatic heterocycles. The Hall–Kier alpha value is -2.30. The van der Waals surface area contributed by atoms with Crippen molar-refractivity contribution >= 4 is 22.8 Å². The third-order valence-corrected chi connectivity index (χ3v) is 4.46. The van der Waals surface area contributed by atoms with Crippen LogP contribution in [0.5, 0.6) is 0 Å². The van der Waals surface area contributed by atoms with Gasteiger partial charge in [0.1, 0.15) is 0 Å². The van der Waals surface area contributed by atoms with E-state index in [1.807, 2.05) is 11.0 Å². The monoisotopic (exact) mass is 284 g/mol. The lowest BCUT2D eigenvalue weighted by atomic mass is 10.0. The maximum atomic E-state index is 12.2. The molecule has 2 heterocycles. The van der Waals surface area contributed by atoms with E-state index < -0.39 is 5.97 Å². The highest BCUT2D eigenvalue weighted by Gasteiger charge is 2.35. The van der Waals surface area contributed by atoms with Gasteiger partial charge in [-0.2, -0.15) is 0 Å². The molecule has 1 amide bonds. The molecule has 1 saturated carbocycles. The van der Waals surface area contributed by atoms with E-state index in [1.165, 1.54) is 0 Å². The smallest absolute Gasteiger partial charge is 0.335 e. The van der Waals surface area contributed by atoms with Crippen molar-refractivity contribution in [1.82, 2.24) is 9.88 Å². The van der Waals surface area contributed by atoms with Crippen LogP contribution < -0.4 is 0 Å². The minimum Gasteiger partial charge on any atom is -0.478 e. The molecule has 5 heteroatoms. The van der Waals surface area contributed by atoms with Gasteiger partial charge in [-0.05, 0) is 31.0 Å². The molecule has 0 atom stereocenters. The fourth-order valence-corrected chi connectivity index (χ4v) is 3.12. The second-order valence-corrected chi connectivity index (χ2v) is 5.93. The van der Waals surface area contributed by atoms with E-state index in [4.69, 9.17) is 5.11 Å². The predicted octanol–water partition coefficient (Wildman–Crippen LogP) is 2.16. The summed E-state index contributed by atoms with van der Waals surface area (Å²) in [6, 6.07) is 5.13. The summed E-state index contributed by atoms with van der Waals surface area (Å²) < 4.78 is 0. The maximum absolute atomic E-state index is 12.2. The van der Waals surface area contributed by atoms with E-state index >= 15 is 0 Å². The van der Waals surface area contributed by atoms with Crippen LogP contribution in [0.15, 0.2) is 18.2 Å². The van der Waals surface area contributed by atoms with Crippen molar-refractivity contribution in [2.75, 3.05) is 6.54 Å². The minimum atomic E-state index is -0.923. The van der Waals surface area contributed by atoms with Gasteiger partial charge in [0.25, 0.3) is 0 Å². The highest BCUT2D eigenvalue weighted by atomic mass is 16.4. The molecule has 0 spiro atoms. The lowest BCUT2D eigenvalue weighted by Gasteiger charge is -2.27. The standard InChI is InChI=1S/C16H16N2O3/c19-15(9-1-2-9)18-6-5-14-12(8-18)11-7-10(16(20)21)3-4-13(11)17-14/h3-4,7,9,17H,1-2,5-6,8H2,(H,20,21). The number of aromatic carboxylic acids is 1. The van der Waals surface area contributed by atoms with Gasteiger partial charge in [-0.3, -0.25) is 4.79 Å². The summed E-state index contributed by atoms with van der Waals surface area (Å²) in [5.41, 5.74) is 3.45. The molecule has 108 valence electrons. The second kappa shape index (κ2) is 4.35. The minimum absolute atomic E-state index is 0.228. The van der Waals surface area contributed by atoms with Crippen molar-refractivity contribution < 1.29 is 14.7 Å². The molecule has 0 radical (unpaired) electrons. The molecule has 0 saturated heterocycles. The van der Waals surface area contributed by atoms with Gasteiger partial charge in [-0.1, -0.05) is 0 Å². The van der Waals surface area contributed by atoms with E-state index in [1.54, 1.807) is 12.1 Å². The van der Waals surface area contributed by atoms with Crippen LogP contribution >= 0.6 is 0 Å². The number of hydrogen-bond donors (Lipinski definition) is 2. The number of carbonyl (C=O) groups excluding carboxylic acids is 1. The molecule has 0 unspecified atom stereocenters. The fourth-order valence-electron chi connectivity index (χ4n) is 3.12. The number of benzene rings is 1. The number of nitrogens with one attached hydrogen (secondary N) is 1. The summed E-state index contributed by atoms with van der Waals surface area (Å²) in [7, 11) is 0. The van der Waals surface area contributed by atoms with Gasteiger partial charge < -0.3 is 15.0 Å². The summed E-state index contributed by atoms with van der Waals surface area (Å²) in [4.78, 5) is 28.6. The number of carboxylic acid groups (broad SMARTS) is 1. The molecular formula is C16H16N2O3. The Morgan fingerprint density at radius 3 is 2.81 bits per heavy atom.